The fourth-order valence-electron chi connectivity index (χ4n) is 1.77. The van der Waals surface area contributed by atoms with Crippen molar-refractivity contribution in [3.8, 4) is 0 Å². The lowest BCUT2D eigenvalue weighted by Crippen LogP contribution is -2.17. The van der Waals surface area contributed by atoms with E-state index in [2.05, 4.69) is 10.3 Å². The Balaban J connectivity index is 2.41. The van der Waals surface area contributed by atoms with Crippen LogP contribution in [0.25, 0.3) is 0 Å². The first-order valence-corrected chi connectivity index (χ1v) is 6.23. The summed E-state index contributed by atoms with van der Waals surface area (Å²) in [6.45, 7) is 1.65. The first-order valence-electron chi connectivity index (χ1n) is 5.85. The molecule has 2 N–H and O–H groups in total. The van der Waals surface area contributed by atoms with Gasteiger partial charge in [0.25, 0.3) is 5.91 Å². The second-order valence-corrected chi connectivity index (χ2v) is 4.61. The highest BCUT2D eigenvalue weighted by Crippen LogP contribution is 2.23. The van der Waals surface area contributed by atoms with Crippen LogP contribution < -0.4 is 5.32 Å². The number of pyridine rings is 1. The summed E-state index contributed by atoms with van der Waals surface area (Å²) < 4.78 is 13.1. The Kier molecular flexibility index (Phi) is 4.18. The molecule has 0 saturated heterocycles. The van der Waals surface area contributed by atoms with Gasteiger partial charge in [-0.15, -0.1) is 0 Å². The molecule has 2 aromatic rings. The minimum absolute atomic E-state index is 0.0659. The molecule has 0 atom stereocenters. The normalized spacial score (nSPS) is 10.2. The Labute approximate surface area is 124 Å². The van der Waals surface area contributed by atoms with Gasteiger partial charge in [-0.25, -0.2) is 14.2 Å². The van der Waals surface area contributed by atoms with Crippen molar-refractivity contribution in [2.45, 2.75) is 6.92 Å². The zero-order valence-electron chi connectivity index (χ0n) is 10.9. The predicted molar refractivity (Wildman–Crippen MR) is 75.3 cm³/mol. The minimum atomic E-state index is -1.18. The number of halogens is 2. The summed E-state index contributed by atoms with van der Waals surface area (Å²) in [4.78, 5) is 26.8. The molecular formula is C14H10ClFN2O3. The van der Waals surface area contributed by atoms with E-state index in [4.69, 9.17) is 16.7 Å². The molecule has 5 nitrogen and oxygen atoms in total. The Morgan fingerprint density at radius 2 is 2.05 bits per heavy atom. The summed E-state index contributed by atoms with van der Waals surface area (Å²) in [7, 11) is 0. The number of anilines is 1. The van der Waals surface area contributed by atoms with Crippen LogP contribution in [0.1, 0.15) is 26.3 Å². The molecule has 0 unspecified atom stereocenters. The van der Waals surface area contributed by atoms with Gasteiger partial charge in [0.05, 0.1) is 23.0 Å². The average molecular weight is 309 g/mol. The second kappa shape index (κ2) is 5.88. The number of rotatable bonds is 3. The molecule has 0 saturated carbocycles. The van der Waals surface area contributed by atoms with Crippen LogP contribution in [0.15, 0.2) is 30.5 Å². The molecule has 0 fully saturated rings. The van der Waals surface area contributed by atoms with Gasteiger partial charge in [0.2, 0.25) is 0 Å². The van der Waals surface area contributed by atoms with Crippen molar-refractivity contribution >= 4 is 29.2 Å². The average Bonchev–Trinajstić information content (AvgIpc) is 2.43. The summed E-state index contributed by atoms with van der Waals surface area (Å²) in [6, 6.07) is 5.50. The molecule has 0 aliphatic rings. The monoisotopic (exact) mass is 308 g/mol. The quantitative estimate of drug-likeness (QED) is 0.854. The van der Waals surface area contributed by atoms with Crippen LogP contribution in [0.3, 0.4) is 0 Å². The molecular weight excluding hydrogens is 299 g/mol. The molecule has 1 aromatic carbocycles. The maximum atomic E-state index is 13.1. The van der Waals surface area contributed by atoms with Gasteiger partial charge >= 0.3 is 5.97 Å². The van der Waals surface area contributed by atoms with Crippen LogP contribution in [-0.2, 0) is 0 Å². The molecule has 0 aliphatic carbocycles. The van der Waals surface area contributed by atoms with Gasteiger partial charge in [0.15, 0.2) is 0 Å². The molecule has 0 spiro atoms. The third kappa shape index (κ3) is 3.17. The van der Waals surface area contributed by atoms with Crippen molar-refractivity contribution in [2.24, 2.45) is 0 Å². The number of aromatic nitrogens is 1. The number of aryl methyl sites for hydroxylation is 1. The SMILES string of the molecule is Cc1cccc(C(=O)O)c1NC(=O)c1cc(F)cnc1Cl. The lowest BCUT2D eigenvalue weighted by molar-refractivity contribution is 0.0698. The number of benzene rings is 1. The number of carbonyl (C=O) groups excluding carboxylic acids is 1. The van der Waals surface area contributed by atoms with Crippen LogP contribution in [0.5, 0.6) is 0 Å². The number of hydrogen-bond acceptors (Lipinski definition) is 3. The molecule has 0 aliphatic heterocycles. The molecule has 21 heavy (non-hydrogen) atoms. The van der Waals surface area contributed by atoms with Crippen molar-refractivity contribution in [1.82, 2.24) is 4.98 Å². The fraction of sp³-hybridized carbons (Fsp3) is 0.0714. The van der Waals surface area contributed by atoms with E-state index in [-0.39, 0.29) is 22.0 Å². The number of aromatic carboxylic acids is 1. The summed E-state index contributed by atoms with van der Waals surface area (Å²) >= 11 is 5.74. The third-order valence-electron chi connectivity index (χ3n) is 2.79. The van der Waals surface area contributed by atoms with E-state index in [0.29, 0.717) is 5.56 Å². The lowest BCUT2D eigenvalue weighted by atomic mass is 10.1. The van der Waals surface area contributed by atoms with E-state index in [1.54, 1.807) is 19.1 Å². The van der Waals surface area contributed by atoms with Crippen molar-refractivity contribution < 1.29 is 19.1 Å². The molecule has 1 amide bonds. The summed E-state index contributed by atoms with van der Waals surface area (Å²) in [5, 5.41) is 11.4. The first-order chi connectivity index (χ1) is 9.90. The Morgan fingerprint density at radius 1 is 1.33 bits per heavy atom. The van der Waals surface area contributed by atoms with Crippen molar-refractivity contribution in [2.75, 3.05) is 5.32 Å². The van der Waals surface area contributed by atoms with Crippen LogP contribution in [0.2, 0.25) is 5.15 Å². The van der Waals surface area contributed by atoms with Gasteiger partial charge in [-0.1, -0.05) is 23.7 Å². The van der Waals surface area contributed by atoms with E-state index < -0.39 is 17.7 Å². The molecule has 7 heteroatoms. The van der Waals surface area contributed by atoms with E-state index in [1.165, 1.54) is 6.07 Å². The Morgan fingerprint density at radius 3 is 2.71 bits per heavy atom. The highest BCUT2D eigenvalue weighted by Gasteiger charge is 2.18. The van der Waals surface area contributed by atoms with Crippen molar-refractivity contribution in [3.05, 3.63) is 58.1 Å². The molecule has 0 bridgehead atoms. The fourth-order valence-corrected chi connectivity index (χ4v) is 1.96. The van der Waals surface area contributed by atoms with Gasteiger partial charge in [0, 0.05) is 0 Å². The number of carboxylic acids is 1. The Bertz CT molecular complexity index is 734. The van der Waals surface area contributed by atoms with Gasteiger partial charge in [-0.3, -0.25) is 4.79 Å². The standard InChI is InChI=1S/C14H10ClFN2O3/c1-7-3-2-4-9(14(20)21)11(7)18-13(19)10-5-8(16)6-17-12(10)15/h2-6H,1H3,(H,18,19)(H,20,21). The van der Waals surface area contributed by atoms with Crippen LogP contribution in [-0.4, -0.2) is 22.0 Å². The number of carbonyl (C=O) groups is 2. The largest absolute Gasteiger partial charge is 0.478 e. The number of carboxylic acid groups (broad SMARTS) is 1. The molecule has 2 rings (SSSR count). The third-order valence-corrected chi connectivity index (χ3v) is 3.09. The van der Waals surface area contributed by atoms with Gasteiger partial charge in [0.1, 0.15) is 11.0 Å². The Hall–Kier alpha value is -2.47. The van der Waals surface area contributed by atoms with Gasteiger partial charge in [-0.05, 0) is 24.6 Å². The van der Waals surface area contributed by atoms with E-state index in [0.717, 1.165) is 12.3 Å². The topological polar surface area (TPSA) is 79.3 Å². The second-order valence-electron chi connectivity index (χ2n) is 4.25. The zero-order chi connectivity index (χ0) is 15.6. The molecule has 108 valence electrons. The van der Waals surface area contributed by atoms with Gasteiger partial charge < -0.3 is 10.4 Å². The maximum Gasteiger partial charge on any atom is 0.337 e. The predicted octanol–water partition coefficient (Wildman–Crippen LogP) is 3.13. The summed E-state index contributed by atoms with van der Waals surface area (Å²) in [5.74, 6) is -2.63. The number of amides is 1. The lowest BCUT2D eigenvalue weighted by Gasteiger charge is -2.12. The zero-order valence-corrected chi connectivity index (χ0v) is 11.6. The van der Waals surface area contributed by atoms with Crippen molar-refractivity contribution in [3.63, 3.8) is 0 Å². The van der Waals surface area contributed by atoms with E-state index >= 15 is 0 Å². The van der Waals surface area contributed by atoms with Crippen LogP contribution in [0, 0.1) is 12.7 Å². The van der Waals surface area contributed by atoms with Crippen LogP contribution >= 0.6 is 11.6 Å². The number of nitrogens with zero attached hydrogens (tertiary/aromatic N) is 1. The number of hydrogen-bond donors (Lipinski definition) is 2. The summed E-state index contributed by atoms with van der Waals surface area (Å²) in [6.07, 6.45) is 0.884. The first kappa shape index (κ1) is 14.9. The molecule has 1 heterocycles. The van der Waals surface area contributed by atoms with Crippen molar-refractivity contribution in [1.29, 1.82) is 0 Å². The smallest absolute Gasteiger partial charge is 0.337 e. The maximum absolute atomic E-state index is 13.1. The highest BCUT2D eigenvalue weighted by molar-refractivity contribution is 6.33. The number of para-hydroxylation sites is 1. The van der Waals surface area contributed by atoms with Crippen LogP contribution in [0.4, 0.5) is 10.1 Å². The van der Waals surface area contributed by atoms with Gasteiger partial charge in [-0.2, -0.15) is 0 Å². The summed E-state index contributed by atoms with van der Waals surface area (Å²) in [5.41, 5.74) is 0.458. The number of nitrogens with one attached hydrogen (secondary N) is 1. The molecule has 1 aromatic heterocycles. The molecule has 0 radical (unpaired) electrons. The minimum Gasteiger partial charge on any atom is -0.478 e. The van der Waals surface area contributed by atoms with E-state index in [1.807, 2.05) is 0 Å². The highest BCUT2D eigenvalue weighted by atomic mass is 35.5. The van der Waals surface area contributed by atoms with E-state index in [9.17, 15) is 14.0 Å².